The van der Waals surface area contributed by atoms with E-state index in [1.165, 1.54) is 14.2 Å². The lowest BCUT2D eigenvalue weighted by molar-refractivity contribution is -0.135. The molecule has 1 unspecified atom stereocenters. The van der Waals surface area contributed by atoms with Crippen LogP contribution in [0.2, 0.25) is 0 Å². The largest absolute Gasteiger partial charge is 0.453 e. The predicted octanol–water partition coefficient (Wildman–Crippen LogP) is 7.26. The number of rotatable bonds is 10. The van der Waals surface area contributed by atoms with Crippen molar-refractivity contribution in [2.24, 2.45) is 0 Å². The van der Waals surface area contributed by atoms with Crippen molar-refractivity contribution >= 4 is 56.1 Å². The third kappa shape index (κ3) is 7.36. The number of imidazole rings is 2. The van der Waals surface area contributed by atoms with Gasteiger partial charge in [0.2, 0.25) is 0 Å². The van der Waals surface area contributed by atoms with E-state index in [1.54, 1.807) is 32.5 Å². The highest BCUT2D eigenvalue weighted by molar-refractivity contribution is 7.31. The number of aromatic amines is 2. The fourth-order valence-corrected chi connectivity index (χ4v) is 9.87. The highest BCUT2D eigenvalue weighted by atomic mass is 32.1. The molecule has 14 nitrogen and oxygen atoms in total. The Hall–Kier alpha value is -6.00. The number of carbonyl (C=O) groups is 4. The highest BCUT2D eigenvalue weighted by Crippen LogP contribution is 2.43. The number of aromatic nitrogens is 4. The standard InChI is InChI=1S/C40H40N8O6S2/c1-53-39(51)45-33(23-11-5-3-6-12-23)37(49)47-17-9-15-27(47)35-41-21-25(43-35)29-19-31-32(55-29)20-30(56-31)26-22-42-36(44-26)28-16-10-18-48(28)38(50)34(46-40(52)54-2)24-13-7-4-8-14-24/h3-8,11-14,19-22,27-28,33-34H,9-10,15-18H2,1-2H3,(H,41,43)(H,42,44)(H,45,51)(H,46,52)/t27-,28?,33+,34+/m0/s1. The van der Waals surface area contributed by atoms with Gasteiger partial charge in [-0.2, -0.15) is 0 Å². The van der Waals surface area contributed by atoms with Gasteiger partial charge in [0.1, 0.15) is 23.7 Å². The molecule has 2 aromatic carbocycles. The van der Waals surface area contributed by atoms with Crippen LogP contribution in [-0.4, -0.2) is 81.0 Å². The predicted molar refractivity (Wildman–Crippen MR) is 212 cm³/mol. The third-order valence-corrected chi connectivity index (χ3v) is 12.6. The summed E-state index contributed by atoms with van der Waals surface area (Å²) in [6.45, 7) is 1.10. The molecule has 0 saturated carbocycles. The number of nitrogens with one attached hydrogen (secondary N) is 4. The van der Waals surface area contributed by atoms with Crippen molar-refractivity contribution < 1.29 is 28.7 Å². The maximum Gasteiger partial charge on any atom is 0.407 e. The second-order valence-corrected chi connectivity index (χ2v) is 15.8. The Labute approximate surface area is 330 Å². The van der Waals surface area contributed by atoms with Gasteiger partial charge in [-0.05, 0) is 48.9 Å². The molecular formula is C40H40N8O6S2. The van der Waals surface area contributed by atoms with Gasteiger partial charge in [-0.1, -0.05) is 60.7 Å². The van der Waals surface area contributed by atoms with Crippen LogP contribution in [-0.2, 0) is 19.1 Å². The van der Waals surface area contributed by atoms with Crippen LogP contribution in [0.15, 0.2) is 85.2 Å². The third-order valence-electron chi connectivity index (χ3n) is 10.3. The van der Waals surface area contributed by atoms with Gasteiger partial charge in [-0.15, -0.1) is 22.7 Å². The Bertz CT molecular complexity index is 2160. The van der Waals surface area contributed by atoms with E-state index >= 15 is 0 Å². The number of hydrogen-bond acceptors (Lipinski definition) is 10. The molecule has 288 valence electrons. The average molecular weight is 793 g/mol. The number of carbonyl (C=O) groups excluding carboxylic acids is 4. The van der Waals surface area contributed by atoms with Gasteiger partial charge < -0.3 is 39.9 Å². The number of methoxy groups -OCH3 is 2. The summed E-state index contributed by atoms with van der Waals surface area (Å²) in [6, 6.07) is 20.3. The molecule has 4 atom stereocenters. The van der Waals surface area contributed by atoms with Crippen molar-refractivity contribution in [2.75, 3.05) is 27.3 Å². The summed E-state index contributed by atoms with van der Waals surface area (Å²) in [5, 5.41) is 5.42. The molecule has 4 amide bonds. The van der Waals surface area contributed by atoms with E-state index in [4.69, 9.17) is 19.4 Å². The summed E-state index contributed by atoms with van der Waals surface area (Å²) in [5.74, 6) is 0.974. The molecule has 0 bridgehead atoms. The van der Waals surface area contributed by atoms with E-state index in [1.807, 2.05) is 73.1 Å². The monoisotopic (exact) mass is 792 g/mol. The van der Waals surface area contributed by atoms with Crippen molar-refractivity contribution in [2.45, 2.75) is 49.9 Å². The topological polar surface area (TPSA) is 175 Å². The van der Waals surface area contributed by atoms with E-state index in [-0.39, 0.29) is 23.9 Å². The molecule has 0 aliphatic carbocycles. The maximum atomic E-state index is 13.9. The van der Waals surface area contributed by atoms with E-state index < -0.39 is 24.3 Å². The fraction of sp³-hybridized carbons (Fsp3) is 0.300. The van der Waals surface area contributed by atoms with Gasteiger partial charge in [-0.3, -0.25) is 9.59 Å². The lowest BCUT2D eigenvalue weighted by Crippen LogP contribution is -2.42. The summed E-state index contributed by atoms with van der Waals surface area (Å²) in [5.41, 5.74) is 3.09. The Morgan fingerprint density at radius 2 is 1.09 bits per heavy atom. The number of likely N-dealkylation sites (tertiary alicyclic amines) is 2. The van der Waals surface area contributed by atoms with E-state index in [0.29, 0.717) is 35.9 Å². The zero-order valence-corrected chi connectivity index (χ0v) is 32.3. The first-order chi connectivity index (χ1) is 27.3. The fourth-order valence-electron chi connectivity index (χ4n) is 7.54. The van der Waals surface area contributed by atoms with Crippen molar-refractivity contribution in [1.29, 1.82) is 0 Å². The minimum atomic E-state index is -0.884. The molecule has 2 saturated heterocycles. The number of alkyl carbamates (subject to hydrolysis) is 2. The quantitative estimate of drug-likeness (QED) is 0.112. The van der Waals surface area contributed by atoms with Crippen LogP contribution in [0.5, 0.6) is 0 Å². The molecule has 6 heterocycles. The average Bonchev–Trinajstić information content (AvgIpc) is 4.08. The molecular weight excluding hydrogens is 753 g/mol. The molecule has 0 spiro atoms. The van der Waals surface area contributed by atoms with E-state index in [0.717, 1.165) is 56.2 Å². The smallest absolute Gasteiger partial charge is 0.407 e. The number of fused-ring (bicyclic) bond motifs is 1. The SMILES string of the molecule is COC(=O)N[C@@H](C(=O)N1CCCC1c1ncc(-c2cc3sc(-c4cnc([C@@H]5CCCN5C(=O)[C@H](NC(=O)OC)c5ccccc5)[nH]4)cc3s2)[nH]1)c1ccccc1. The molecule has 8 rings (SSSR count). The second kappa shape index (κ2) is 16.0. The number of amides is 4. The molecule has 4 aromatic heterocycles. The van der Waals surface area contributed by atoms with Gasteiger partial charge in [0, 0.05) is 22.5 Å². The summed E-state index contributed by atoms with van der Waals surface area (Å²) in [4.78, 5) is 74.3. The Morgan fingerprint density at radius 1 is 0.679 bits per heavy atom. The lowest BCUT2D eigenvalue weighted by atomic mass is 10.1. The van der Waals surface area contributed by atoms with Gasteiger partial charge in [0.05, 0.1) is 59.8 Å². The van der Waals surface area contributed by atoms with Crippen LogP contribution in [0.4, 0.5) is 9.59 Å². The van der Waals surface area contributed by atoms with Crippen LogP contribution < -0.4 is 10.6 Å². The van der Waals surface area contributed by atoms with Crippen molar-refractivity contribution in [3.63, 3.8) is 0 Å². The molecule has 2 aliphatic heterocycles. The zero-order chi connectivity index (χ0) is 38.8. The van der Waals surface area contributed by atoms with Gasteiger partial charge >= 0.3 is 12.2 Å². The minimum absolute atomic E-state index is 0.215. The minimum Gasteiger partial charge on any atom is -0.453 e. The van der Waals surface area contributed by atoms with Crippen LogP contribution >= 0.6 is 22.7 Å². The molecule has 2 fully saturated rings. The van der Waals surface area contributed by atoms with Crippen LogP contribution in [0, 0.1) is 0 Å². The first-order valence-corrected chi connectivity index (χ1v) is 20.0. The number of H-pyrrole nitrogens is 2. The van der Waals surface area contributed by atoms with Gasteiger partial charge in [0.25, 0.3) is 11.8 Å². The van der Waals surface area contributed by atoms with Crippen molar-refractivity contribution in [1.82, 2.24) is 40.4 Å². The second-order valence-electron chi connectivity index (χ2n) is 13.7. The lowest BCUT2D eigenvalue weighted by Gasteiger charge is -2.28. The van der Waals surface area contributed by atoms with Gasteiger partial charge in [-0.25, -0.2) is 19.6 Å². The zero-order valence-electron chi connectivity index (χ0n) is 30.7. The molecule has 6 aromatic rings. The molecule has 0 radical (unpaired) electrons. The Kier molecular flexibility index (Phi) is 10.6. The first kappa shape index (κ1) is 36.9. The Balaban J connectivity index is 0.970. The molecule has 4 N–H and O–H groups in total. The van der Waals surface area contributed by atoms with Crippen LogP contribution in [0.1, 0.15) is 72.6 Å². The van der Waals surface area contributed by atoms with Crippen molar-refractivity contribution in [3.8, 4) is 21.1 Å². The molecule has 16 heteroatoms. The van der Waals surface area contributed by atoms with E-state index in [2.05, 4.69) is 32.7 Å². The maximum absolute atomic E-state index is 13.9. The van der Waals surface area contributed by atoms with Crippen molar-refractivity contribution in [3.05, 3.63) is 108 Å². The number of hydrogen-bond donors (Lipinski definition) is 4. The highest BCUT2D eigenvalue weighted by Gasteiger charge is 2.38. The van der Waals surface area contributed by atoms with Crippen LogP contribution in [0.3, 0.4) is 0 Å². The van der Waals surface area contributed by atoms with Crippen LogP contribution in [0.25, 0.3) is 30.5 Å². The summed E-state index contributed by atoms with van der Waals surface area (Å²) in [7, 11) is 2.56. The molecule has 56 heavy (non-hydrogen) atoms. The molecule has 2 aliphatic rings. The normalized spacial score (nSPS) is 17.8. The number of benzene rings is 2. The number of nitrogens with zero attached hydrogens (tertiary/aromatic N) is 4. The summed E-state index contributed by atoms with van der Waals surface area (Å²) >= 11 is 3.30. The van der Waals surface area contributed by atoms with Gasteiger partial charge in [0.15, 0.2) is 0 Å². The number of ether oxygens (including phenoxy) is 2. The number of thiophene rings is 2. The Morgan fingerprint density at radius 3 is 1.48 bits per heavy atom. The van der Waals surface area contributed by atoms with E-state index in [9.17, 15) is 19.2 Å². The summed E-state index contributed by atoms with van der Waals surface area (Å²) in [6.07, 6.45) is 5.40. The first-order valence-electron chi connectivity index (χ1n) is 18.3. The summed E-state index contributed by atoms with van der Waals surface area (Å²) < 4.78 is 11.9.